The molecule has 2 aromatic carbocycles. The number of anilines is 1. The molecular weight excluding hydrogens is 478 g/mol. The highest BCUT2D eigenvalue weighted by atomic mass is 35.5. The van der Waals surface area contributed by atoms with E-state index < -0.39 is 25.8 Å². The maximum atomic E-state index is 12.9. The van der Waals surface area contributed by atoms with E-state index in [4.69, 9.17) is 11.6 Å². The number of carbonyl (C=O) groups is 2. The Balaban J connectivity index is 1.81. The normalized spacial score (nSPS) is 14.8. The van der Waals surface area contributed by atoms with Crippen molar-refractivity contribution in [3.05, 3.63) is 53.1 Å². The predicted molar refractivity (Wildman–Crippen MR) is 120 cm³/mol. The van der Waals surface area contributed by atoms with Gasteiger partial charge in [-0.3, -0.25) is 14.3 Å². The van der Waals surface area contributed by atoms with Crippen LogP contribution in [0.2, 0.25) is 5.02 Å². The number of rotatable bonds is 5. The molecule has 1 saturated heterocycles. The van der Waals surface area contributed by atoms with E-state index in [0.717, 1.165) is 6.26 Å². The van der Waals surface area contributed by atoms with Gasteiger partial charge in [-0.25, -0.2) is 16.8 Å². The van der Waals surface area contributed by atoms with Gasteiger partial charge in [0.15, 0.2) is 9.84 Å². The number of amides is 2. The topological polar surface area (TPSA) is 121 Å². The quantitative estimate of drug-likeness (QED) is 0.670. The Morgan fingerprint density at radius 3 is 1.94 bits per heavy atom. The van der Waals surface area contributed by atoms with Crippen LogP contribution in [0.1, 0.15) is 17.3 Å². The molecule has 0 radical (unpaired) electrons. The molecule has 1 aliphatic heterocycles. The molecule has 9 nitrogen and oxygen atoms in total. The summed E-state index contributed by atoms with van der Waals surface area (Å²) in [5.41, 5.74) is 0.207. The van der Waals surface area contributed by atoms with Crippen LogP contribution in [0.3, 0.4) is 0 Å². The second-order valence-electron chi connectivity index (χ2n) is 7.34. The van der Waals surface area contributed by atoms with Gasteiger partial charge in [-0.05, 0) is 42.5 Å². The number of hydrogen-bond donors (Lipinski definition) is 1. The van der Waals surface area contributed by atoms with Crippen molar-refractivity contribution in [3.63, 3.8) is 0 Å². The third-order valence-electron chi connectivity index (χ3n) is 5.03. The minimum absolute atomic E-state index is 0.0400. The zero-order valence-electron chi connectivity index (χ0n) is 17.4. The molecule has 172 valence electrons. The maximum absolute atomic E-state index is 12.9. The predicted octanol–water partition coefficient (Wildman–Crippen LogP) is 1.85. The Labute approximate surface area is 191 Å². The van der Waals surface area contributed by atoms with Gasteiger partial charge in [0.25, 0.3) is 15.9 Å². The van der Waals surface area contributed by atoms with Crippen LogP contribution in [-0.2, 0) is 24.7 Å². The van der Waals surface area contributed by atoms with Crippen LogP contribution < -0.4 is 4.72 Å². The first-order valence-electron chi connectivity index (χ1n) is 9.56. The van der Waals surface area contributed by atoms with Gasteiger partial charge < -0.3 is 9.80 Å². The summed E-state index contributed by atoms with van der Waals surface area (Å²) >= 11 is 6.18. The van der Waals surface area contributed by atoms with Gasteiger partial charge in [0.05, 0.1) is 20.4 Å². The molecular formula is C20H22ClN3O6S2. The van der Waals surface area contributed by atoms with Crippen LogP contribution in [0.5, 0.6) is 0 Å². The van der Waals surface area contributed by atoms with E-state index in [-0.39, 0.29) is 32.0 Å². The molecule has 2 amide bonds. The van der Waals surface area contributed by atoms with Crippen molar-refractivity contribution in [1.82, 2.24) is 9.80 Å². The molecule has 3 rings (SSSR count). The van der Waals surface area contributed by atoms with Crippen molar-refractivity contribution in [1.29, 1.82) is 0 Å². The minimum atomic E-state index is -4.07. The Morgan fingerprint density at radius 1 is 0.875 bits per heavy atom. The van der Waals surface area contributed by atoms with Crippen molar-refractivity contribution in [2.75, 3.05) is 37.2 Å². The van der Waals surface area contributed by atoms with Crippen molar-refractivity contribution >= 4 is 49.0 Å². The first kappa shape index (κ1) is 24.0. The van der Waals surface area contributed by atoms with E-state index in [1.807, 2.05) is 0 Å². The highest BCUT2D eigenvalue weighted by molar-refractivity contribution is 7.92. The molecule has 0 unspecified atom stereocenters. The smallest absolute Gasteiger partial charge is 0.261 e. The molecule has 32 heavy (non-hydrogen) atoms. The molecule has 0 atom stereocenters. The molecule has 1 N–H and O–H groups in total. The van der Waals surface area contributed by atoms with Crippen molar-refractivity contribution in [2.45, 2.75) is 16.7 Å². The largest absolute Gasteiger partial charge is 0.339 e. The third kappa shape index (κ3) is 5.40. The summed E-state index contributed by atoms with van der Waals surface area (Å²) in [6, 6.07) is 9.08. The van der Waals surface area contributed by atoms with Crippen molar-refractivity contribution < 1.29 is 26.4 Å². The summed E-state index contributed by atoms with van der Waals surface area (Å²) in [6.07, 6.45) is 1.05. The van der Waals surface area contributed by atoms with Crippen LogP contribution in [0.4, 0.5) is 5.69 Å². The van der Waals surface area contributed by atoms with Gasteiger partial charge in [0.1, 0.15) is 0 Å². The maximum Gasteiger partial charge on any atom is 0.261 e. The summed E-state index contributed by atoms with van der Waals surface area (Å²) < 4.78 is 51.1. The lowest BCUT2D eigenvalue weighted by atomic mass is 10.1. The molecule has 0 spiro atoms. The van der Waals surface area contributed by atoms with Gasteiger partial charge in [0, 0.05) is 45.0 Å². The van der Waals surface area contributed by atoms with E-state index in [1.54, 1.807) is 4.90 Å². The molecule has 1 fully saturated rings. The number of sulfonamides is 1. The Hall–Kier alpha value is -2.63. The zero-order valence-corrected chi connectivity index (χ0v) is 19.8. The fraction of sp³-hybridized carbons (Fsp3) is 0.300. The Morgan fingerprint density at radius 2 is 1.41 bits per heavy atom. The van der Waals surface area contributed by atoms with Crippen molar-refractivity contribution in [2.24, 2.45) is 0 Å². The van der Waals surface area contributed by atoms with Gasteiger partial charge in [-0.2, -0.15) is 0 Å². The lowest BCUT2D eigenvalue weighted by Gasteiger charge is -2.34. The van der Waals surface area contributed by atoms with Crippen LogP contribution in [0.15, 0.2) is 52.3 Å². The van der Waals surface area contributed by atoms with Crippen LogP contribution in [0.25, 0.3) is 0 Å². The van der Waals surface area contributed by atoms with E-state index in [9.17, 15) is 26.4 Å². The first-order valence-corrected chi connectivity index (χ1v) is 13.3. The van der Waals surface area contributed by atoms with Gasteiger partial charge in [-0.15, -0.1) is 0 Å². The summed E-state index contributed by atoms with van der Waals surface area (Å²) in [7, 11) is -7.48. The molecule has 1 aliphatic rings. The molecule has 2 aromatic rings. The lowest BCUT2D eigenvalue weighted by molar-refractivity contribution is -0.130. The standard InChI is InChI=1S/C20H22ClN3O6S2/c1-14(25)23-9-11-24(12-10-23)20(26)18-13-17(7-8-19(18)21)32(29,30)22-15-3-5-16(6-4-15)31(2,27)28/h3-8,13,22H,9-12H2,1-2H3. The average molecular weight is 500 g/mol. The summed E-state index contributed by atoms with van der Waals surface area (Å²) in [5.74, 6) is -0.494. The first-order chi connectivity index (χ1) is 14.9. The summed E-state index contributed by atoms with van der Waals surface area (Å²) in [4.78, 5) is 27.4. The second kappa shape index (κ2) is 9.08. The minimum Gasteiger partial charge on any atom is -0.339 e. The number of halogens is 1. The number of sulfone groups is 1. The van der Waals surface area contributed by atoms with E-state index in [0.29, 0.717) is 26.2 Å². The number of nitrogens with zero attached hydrogens (tertiary/aromatic N) is 2. The number of carbonyl (C=O) groups excluding carboxylic acids is 2. The number of hydrogen-bond acceptors (Lipinski definition) is 6. The highest BCUT2D eigenvalue weighted by Gasteiger charge is 2.26. The van der Waals surface area contributed by atoms with Gasteiger partial charge >= 0.3 is 0 Å². The summed E-state index contributed by atoms with van der Waals surface area (Å²) in [5, 5.41) is 0.112. The SMILES string of the molecule is CC(=O)N1CCN(C(=O)c2cc(S(=O)(=O)Nc3ccc(S(C)(=O)=O)cc3)ccc2Cl)CC1. The Kier molecular flexibility index (Phi) is 6.82. The number of nitrogens with one attached hydrogen (secondary N) is 1. The number of benzene rings is 2. The third-order valence-corrected chi connectivity index (χ3v) is 7.86. The molecule has 0 bridgehead atoms. The van der Waals surface area contributed by atoms with Crippen LogP contribution in [0, 0.1) is 0 Å². The molecule has 12 heteroatoms. The molecule has 0 aliphatic carbocycles. The summed E-state index contributed by atoms with van der Waals surface area (Å²) in [6.45, 7) is 2.88. The van der Waals surface area contributed by atoms with E-state index in [2.05, 4.69) is 4.72 Å². The van der Waals surface area contributed by atoms with E-state index in [1.165, 1.54) is 54.3 Å². The zero-order chi connectivity index (χ0) is 23.7. The van der Waals surface area contributed by atoms with Gasteiger partial charge in [0.2, 0.25) is 5.91 Å². The average Bonchev–Trinajstić information content (AvgIpc) is 2.73. The molecule has 0 saturated carbocycles. The molecule has 0 aromatic heterocycles. The second-order valence-corrected chi connectivity index (χ2v) is 11.4. The van der Waals surface area contributed by atoms with E-state index >= 15 is 0 Å². The fourth-order valence-electron chi connectivity index (χ4n) is 3.21. The van der Waals surface area contributed by atoms with Gasteiger partial charge in [-0.1, -0.05) is 11.6 Å². The Bertz CT molecular complexity index is 1250. The van der Waals surface area contributed by atoms with Crippen LogP contribution in [-0.4, -0.2) is 70.9 Å². The van der Waals surface area contributed by atoms with Crippen molar-refractivity contribution in [3.8, 4) is 0 Å². The number of piperazine rings is 1. The fourth-order valence-corrected chi connectivity index (χ4v) is 5.13. The monoisotopic (exact) mass is 499 g/mol. The van der Waals surface area contributed by atoms with Crippen LogP contribution >= 0.6 is 11.6 Å². The lowest BCUT2D eigenvalue weighted by Crippen LogP contribution is -2.50. The highest BCUT2D eigenvalue weighted by Crippen LogP contribution is 2.25. The molecule has 1 heterocycles.